The molecule has 3 nitrogen and oxygen atoms in total. The SMILES string of the molecule is Oc1cnc2scnc2c1. The van der Waals surface area contributed by atoms with E-state index in [4.69, 9.17) is 5.11 Å². The first kappa shape index (κ1) is 5.61. The Hall–Kier alpha value is -1.16. The molecule has 2 aromatic rings. The van der Waals surface area contributed by atoms with Crippen LogP contribution in [0.3, 0.4) is 0 Å². The number of rotatable bonds is 0. The van der Waals surface area contributed by atoms with Gasteiger partial charge in [-0.2, -0.15) is 0 Å². The van der Waals surface area contributed by atoms with Crippen molar-refractivity contribution < 1.29 is 5.11 Å². The van der Waals surface area contributed by atoms with Crippen LogP contribution in [0.5, 0.6) is 5.75 Å². The van der Waals surface area contributed by atoms with Gasteiger partial charge in [0.2, 0.25) is 0 Å². The number of aromatic nitrogens is 2. The molecule has 0 amide bonds. The zero-order valence-electron chi connectivity index (χ0n) is 4.98. The van der Waals surface area contributed by atoms with E-state index in [1.807, 2.05) is 0 Å². The zero-order valence-corrected chi connectivity index (χ0v) is 5.80. The fourth-order valence-corrected chi connectivity index (χ4v) is 1.36. The second-order valence-electron chi connectivity index (χ2n) is 1.87. The van der Waals surface area contributed by atoms with Crippen LogP contribution in [0.15, 0.2) is 17.8 Å². The van der Waals surface area contributed by atoms with Gasteiger partial charge in [0.15, 0.2) is 0 Å². The summed E-state index contributed by atoms with van der Waals surface area (Å²) in [5, 5.41) is 8.95. The Kier molecular flexibility index (Phi) is 1.07. The van der Waals surface area contributed by atoms with E-state index in [1.54, 1.807) is 11.6 Å². The van der Waals surface area contributed by atoms with Crippen molar-refractivity contribution in [2.24, 2.45) is 0 Å². The molecule has 0 aliphatic rings. The third-order valence-corrected chi connectivity index (χ3v) is 1.92. The lowest BCUT2D eigenvalue weighted by Gasteiger charge is -1.87. The van der Waals surface area contributed by atoms with Crippen LogP contribution in [-0.2, 0) is 0 Å². The Morgan fingerprint density at radius 2 is 2.30 bits per heavy atom. The molecule has 0 aliphatic heterocycles. The highest BCUT2D eigenvalue weighted by molar-refractivity contribution is 7.16. The Bertz CT molecular complexity index is 357. The molecule has 0 radical (unpaired) electrons. The lowest BCUT2D eigenvalue weighted by Crippen LogP contribution is -1.71. The quantitative estimate of drug-likeness (QED) is 0.620. The van der Waals surface area contributed by atoms with E-state index in [9.17, 15) is 0 Å². The number of pyridine rings is 1. The Morgan fingerprint density at radius 1 is 1.40 bits per heavy atom. The molecule has 0 fully saturated rings. The molecule has 0 atom stereocenters. The largest absolute Gasteiger partial charge is 0.506 e. The number of hydrogen-bond acceptors (Lipinski definition) is 4. The van der Waals surface area contributed by atoms with Crippen LogP contribution in [0.1, 0.15) is 0 Å². The second kappa shape index (κ2) is 1.91. The summed E-state index contributed by atoms with van der Waals surface area (Å²) in [6.07, 6.45) is 1.42. The Balaban J connectivity index is 2.86. The molecular formula is C6H4N2OS. The molecule has 0 spiro atoms. The maximum absolute atomic E-state index is 8.95. The van der Waals surface area contributed by atoms with Crippen LogP contribution in [0.4, 0.5) is 0 Å². The Morgan fingerprint density at radius 3 is 3.20 bits per heavy atom. The first-order valence-electron chi connectivity index (χ1n) is 2.74. The fourth-order valence-electron chi connectivity index (χ4n) is 0.746. The lowest BCUT2D eigenvalue weighted by atomic mass is 10.4. The van der Waals surface area contributed by atoms with E-state index >= 15 is 0 Å². The van der Waals surface area contributed by atoms with Gasteiger partial charge in [-0.15, -0.1) is 11.3 Å². The summed E-state index contributed by atoms with van der Waals surface area (Å²) in [6.45, 7) is 0. The monoisotopic (exact) mass is 152 g/mol. The van der Waals surface area contributed by atoms with Crippen molar-refractivity contribution in [1.82, 2.24) is 9.97 Å². The fraction of sp³-hybridized carbons (Fsp3) is 0. The third kappa shape index (κ3) is 0.733. The third-order valence-electron chi connectivity index (χ3n) is 1.17. The van der Waals surface area contributed by atoms with Crippen LogP contribution in [-0.4, -0.2) is 15.1 Å². The number of hydrogen-bond donors (Lipinski definition) is 1. The van der Waals surface area contributed by atoms with Crippen molar-refractivity contribution in [2.45, 2.75) is 0 Å². The molecule has 4 heteroatoms. The number of aromatic hydroxyl groups is 1. The van der Waals surface area contributed by atoms with Gasteiger partial charge in [-0.3, -0.25) is 0 Å². The molecule has 0 saturated heterocycles. The van der Waals surface area contributed by atoms with E-state index in [0.29, 0.717) is 0 Å². The van der Waals surface area contributed by atoms with Gasteiger partial charge in [-0.25, -0.2) is 9.97 Å². The first-order chi connectivity index (χ1) is 4.86. The topological polar surface area (TPSA) is 46.0 Å². The van der Waals surface area contributed by atoms with Crippen LogP contribution in [0.25, 0.3) is 10.3 Å². The molecule has 1 N–H and O–H groups in total. The lowest BCUT2D eigenvalue weighted by molar-refractivity contribution is 0.474. The van der Waals surface area contributed by atoms with Gasteiger partial charge in [-0.05, 0) is 0 Å². The van der Waals surface area contributed by atoms with E-state index < -0.39 is 0 Å². The van der Waals surface area contributed by atoms with Crippen LogP contribution in [0.2, 0.25) is 0 Å². The van der Waals surface area contributed by atoms with Crippen molar-refractivity contribution in [3.8, 4) is 5.75 Å². The highest BCUT2D eigenvalue weighted by Gasteiger charge is 1.96. The van der Waals surface area contributed by atoms with Crippen molar-refractivity contribution in [3.05, 3.63) is 17.8 Å². The molecule has 2 aromatic heterocycles. The van der Waals surface area contributed by atoms with Crippen molar-refractivity contribution >= 4 is 21.7 Å². The molecule has 0 aromatic carbocycles. The highest BCUT2D eigenvalue weighted by atomic mass is 32.1. The minimum atomic E-state index is 0.165. The summed E-state index contributed by atoms with van der Waals surface area (Å²) in [5.74, 6) is 0.165. The van der Waals surface area contributed by atoms with Gasteiger partial charge in [0, 0.05) is 6.07 Å². The summed E-state index contributed by atoms with van der Waals surface area (Å²) in [5.41, 5.74) is 2.46. The molecule has 2 heterocycles. The van der Waals surface area contributed by atoms with E-state index in [2.05, 4.69) is 9.97 Å². The Labute approximate surface area is 61.0 Å². The average molecular weight is 152 g/mol. The van der Waals surface area contributed by atoms with Crippen LogP contribution >= 0.6 is 11.3 Å². The molecule has 2 rings (SSSR count). The molecule has 0 saturated carbocycles. The predicted molar refractivity (Wildman–Crippen MR) is 39.1 cm³/mol. The first-order valence-corrected chi connectivity index (χ1v) is 3.62. The van der Waals surface area contributed by atoms with Crippen molar-refractivity contribution in [1.29, 1.82) is 0 Å². The zero-order chi connectivity index (χ0) is 6.97. The number of thiazole rings is 1. The smallest absolute Gasteiger partial charge is 0.143 e. The summed E-state index contributed by atoms with van der Waals surface area (Å²) < 4.78 is 0. The maximum Gasteiger partial charge on any atom is 0.143 e. The second-order valence-corrected chi connectivity index (χ2v) is 2.70. The van der Waals surface area contributed by atoms with Gasteiger partial charge in [0.05, 0.1) is 11.7 Å². The van der Waals surface area contributed by atoms with Crippen LogP contribution < -0.4 is 0 Å². The average Bonchev–Trinajstić information content (AvgIpc) is 2.33. The minimum Gasteiger partial charge on any atom is -0.506 e. The van der Waals surface area contributed by atoms with E-state index in [-0.39, 0.29) is 5.75 Å². The molecule has 0 bridgehead atoms. The normalized spacial score (nSPS) is 10.4. The van der Waals surface area contributed by atoms with Crippen LogP contribution in [0, 0.1) is 0 Å². The van der Waals surface area contributed by atoms with Crippen molar-refractivity contribution in [3.63, 3.8) is 0 Å². The van der Waals surface area contributed by atoms with E-state index in [0.717, 1.165) is 10.3 Å². The predicted octanol–water partition coefficient (Wildman–Crippen LogP) is 1.40. The molecule has 50 valence electrons. The molecule has 10 heavy (non-hydrogen) atoms. The number of nitrogens with zero attached hydrogens (tertiary/aromatic N) is 2. The van der Waals surface area contributed by atoms with Gasteiger partial charge in [0.25, 0.3) is 0 Å². The van der Waals surface area contributed by atoms with Gasteiger partial charge in [-0.1, -0.05) is 0 Å². The molecule has 0 unspecified atom stereocenters. The van der Waals surface area contributed by atoms with E-state index in [1.165, 1.54) is 17.5 Å². The highest BCUT2D eigenvalue weighted by Crippen LogP contribution is 2.18. The summed E-state index contributed by atoms with van der Waals surface area (Å²) in [6, 6.07) is 1.60. The molecular weight excluding hydrogens is 148 g/mol. The van der Waals surface area contributed by atoms with Gasteiger partial charge in [0.1, 0.15) is 16.1 Å². The van der Waals surface area contributed by atoms with Gasteiger partial charge >= 0.3 is 0 Å². The minimum absolute atomic E-state index is 0.165. The number of fused-ring (bicyclic) bond motifs is 1. The summed E-state index contributed by atoms with van der Waals surface area (Å²) >= 11 is 1.46. The molecule has 0 aliphatic carbocycles. The summed E-state index contributed by atoms with van der Waals surface area (Å²) in [4.78, 5) is 8.78. The standard InChI is InChI=1S/C6H4N2OS/c9-4-1-5-6(7-2-4)10-3-8-5/h1-3,9H. The van der Waals surface area contributed by atoms with Gasteiger partial charge < -0.3 is 5.11 Å². The summed E-state index contributed by atoms with van der Waals surface area (Å²) in [7, 11) is 0. The van der Waals surface area contributed by atoms with Crippen molar-refractivity contribution in [2.75, 3.05) is 0 Å². The maximum atomic E-state index is 8.95.